The molecule has 1 amide bonds. The Balaban J connectivity index is 2.18. The lowest BCUT2D eigenvalue weighted by atomic mass is 10.2. The predicted molar refractivity (Wildman–Crippen MR) is 64.7 cm³/mol. The van der Waals surface area contributed by atoms with Crippen molar-refractivity contribution in [1.82, 2.24) is 9.55 Å². The molecule has 6 nitrogen and oxygen atoms in total. The van der Waals surface area contributed by atoms with Crippen LogP contribution >= 0.6 is 0 Å². The van der Waals surface area contributed by atoms with Gasteiger partial charge in [0.2, 0.25) is 5.91 Å². The van der Waals surface area contributed by atoms with E-state index in [-0.39, 0.29) is 6.54 Å². The van der Waals surface area contributed by atoms with E-state index in [0.29, 0.717) is 24.7 Å². The van der Waals surface area contributed by atoms with Crippen LogP contribution in [-0.2, 0) is 11.3 Å². The van der Waals surface area contributed by atoms with Crippen LogP contribution in [0.5, 0.6) is 11.5 Å². The van der Waals surface area contributed by atoms with Crippen molar-refractivity contribution < 1.29 is 14.3 Å². The average molecular weight is 247 g/mol. The lowest BCUT2D eigenvalue weighted by molar-refractivity contribution is -0.118. The van der Waals surface area contributed by atoms with Gasteiger partial charge in [-0.1, -0.05) is 0 Å². The highest BCUT2D eigenvalue weighted by molar-refractivity contribution is 5.83. The van der Waals surface area contributed by atoms with Crippen LogP contribution in [0.25, 0.3) is 11.0 Å². The number of hydrogen-bond donors (Lipinski definition) is 1. The summed E-state index contributed by atoms with van der Waals surface area (Å²) in [6.45, 7) is 3.02. The normalized spacial score (nSPS) is 13.8. The summed E-state index contributed by atoms with van der Waals surface area (Å²) in [5.74, 6) is 1.72. The molecule has 3 rings (SSSR count). The lowest BCUT2D eigenvalue weighted by Crippen LogP contribution is -2.19. The van der Waals surface area contributed by atoms with E-state index in [1.807, 2.05) is 19.1 Å². The van der Waals surface area contributed by atoms with Gasteiger partial charge in [-0.3, -0.25) is 4.79 Å². The second kappa shape index (κ2) is 3.90. The van der Waals surface area contributed by atoms with Crippen molar-refractivity contribution in [3.8, 4) is 11.5 Å². The molecule has 6 heteroatoms. The third-order valence-corrected chi connectivity index (χ3v) is 2.92. The number of imidazole rings is 1. The number of hydrogen-bond acceptors (Lipinski definition) is 4. The lowest BCUT2D eigenvalue weighted by Gasteiger charge is -2.18. The second-order valence-electron chi connectivity index (χ2n) is 4.20. The Kier molecular flexibility index (Phi) is 2.36. The van der Waals surface area contributed by atoms with Gasteiger partial charge in [0.25, 0.3) is 0 Å². The first kappa shape index (κ1) is 10.9. The Bertz CT molecular complexity index is 633. The van der Waals surface area contributed by atoms with Crippen LogP contribution in [-0.4, -0.2) is 28.7 Å². The monoisotopic (exact) mass is 247 g/mol. The van der Waals surface area contributed by atoms with E-state index >= 15 is 0 Å². The summed E-state index contributed by atoms with van der Waals surface area (Å²) < 4.78 is 12.8. The van der Waals surface area contributed by atoms with Crippen LogP contribution in [0, 0.1) is 6.92 Å². The SMILES string of the molecule is Cc1nc2cc3c(cc2n1CC(N)=O)OCCO3. The molecule has 2 heterocycles. The number of primary amides is 1. The van der Waals surface area contributed by atoms with Crippen molar-refractivity contribution in [2.24, 2.45) is 5.73 Å². The largest absolute Gasteiger partial charge is 0.486 e. The topological polar surface area (TPSA) is 79.4 Å². The third kappa shape index (κ3) is 1.66. The molecule has 18 heavy (non-hydrogen) atoms. The third-order valence-electron chi connectivity index (χ3n) is 2.92. The van der Waals surface area contributed by atoms with Gasteiger partial charge in [0.05, 0.1) is 11.0 Å². The Morgan fingerprint density at radius 3 is 2.72 bits per heavy atom. The van der Waals surface area contributed by atoms with E-state index in [2.05, 4.69) is 4.98 Å². The second-order valence-corrected chi connectivity index (χ2v) is 4.20. The van der Waals surface area contributed by atoms with Gasteiger partial charge in [0.1, 0.15) is 25.6 Å². The molecule has 0 unspecified atom stereocenters. The van der Waals surface area contributed by atoms with Crippen molar-refractivity contribution in [1.29, 1.82) is 0 Å². The molecule has 1 aliphatic rings. The van der Waals surface area contributed by atoms with E-state index in [1.54, 1.807) is 4.57 Å². The Morgan fingerprint density at radius 1 is 1.39 bits per heavy atom. The van der Waals surface area contributed by atoms with Gasteiger partial charge in [-0.05, 0) is 6.92 Å². The van der Waals surface area contributed by atoms with Crippen LogP contribution in [0.15, 0.2) is 12.1 Å². The zero-order chi connectivity index (χ0) is 12.7. The predicted octanol–water partition coefficient (Wildman–Crippen LogP) is 0.601. The fourth-order valence-corrected chi connectivity index (χ4v) is 2.14. The molecule has 1 aromatic heterocycles. The van der Waals surface area contributed by atoms with E-state index < -0.39 is 5.91 Å². The molecule has 0 radical (unpaired) electrons. The number of nitrogens with two attached hydrogens (primary N) is 1. The molecule has 0 aliphatic carbocycles. The quantitative estimate of drug-likeness (QED) is 0.842. The smallest absolute Gasteiger partial charge is 0.237 e. The van der Waals surface area contributed by atoms with Crippen molar-refractivity contribution in [3.63, 3.8) is 0 Å². The number of aryl methyl sites for hydroxylation is 1. The van der Waals surface area contributed by atoms with Gasteiger partial charge < -0.3 is 19.8 Å². The first-order valence-electron chi connectivity index (χ1n) is 5.70. The van der Waals surface area contributed by atoms with Gasteiger partial charge in [0, 0.05) is 12.1 Å². The summed E-state index contributed by atoms with van der Waals surface area (Å²) >= 11 is 0. The molecule has 94 valence electrons. The summed E-state index contributed by atoms with van der Waals surface area (Å²) in [5, 5.41) is 0. The first-order chi connectivity index (χ1) is 8.65. The molecule has 2 N–H and O–H groups in total. The molecule has 0 saturated heterocycles. The maximum absolute atomic E-state index is 11.1. The zero-order valence-electron chi connectivity index (χ0n) is 9.97. The number of rotatable bonds is 2. The van der Waals surface area contributed by atoms with Crippen LogP contribution in [0.1, 0.15) is 5.82 Å². The highest BCUT2D eigenvalue weighted by atomic mass is 16.6. The number of carbonyl (C=O) groups excluding carboxylic acids is 1. The summed E-state index contributed by atoms with van der Waals surface area (Å²) in [5.41, 5.74) is 6.84. The van der Waals surface area contributed by atoms with Crippen molar-refractivity contribution in [2.45, 2.75) is 13.5 Å². The van der Waals surface area contributed by atoms with Crippen molar-refractivity contribution >= 4 is 16.9 Å². The summed E-state index contributed by atoms with van der Waals surface area (Å²) in [6.07, 6.45) is 0. The van der Waals surface area contributed by atoms with Gasteiger partial charge >= 0.3 is 0 Å². The molecular formula is C12H13N3O3. The molecule has 0 fully saturated rings. The minimum absolute atomic E-state index is 0.113. The fourth-order valence-electron chi connectivity index (χ4n) is 2.14. The molecule has 0 bridgehead atoms. The van der Waals surface area contributed by atoms with E-state index in [1.165, 1.54) is 0 Å². The molecule has 0 saturated carbocycles. The molecule has 0 spiro atoms. The number of carbonyl (C=O) groups is 1. The van der Waals surface area contributed by atoms with Crippen LogP contribution in [0.4, 0.5) is 0 Å². The fraction of sp³-hybridized carbons (Fsp3) is 0.333. The van der Waals surface area contributed by atoms with Gasteiger partial charge in [-0.2, -0.15) is 0 Å². The number of ether oxygens (including phenoxy) is 2. The van der Waals surface area contributed by atoms with Gasteiger partial charge in [-0.25, -0.2) is 4.98 Å². The number of aromatic nitrogens is 2. The highest BCUT2D eigenvalue weighted by Crippen LogP contribution is 2.34. The number of fused-ring (bicyclic) bond motifs is 2. The van der Waals surface area contributed by atoms with Gasteiger partial charge in [-0.15, -0.1) is 0 Å². The maximum atomic E-state index is 11.1. The summed E-state index contributed by atoms with van der Waals surface area (Å²) in [6, 6.07) is 3.67. The Hall–Kier alpha value is -2.24. The van der Waals surface area contributed by atoms with Crippen LogP contribution in [0.2, 0.25) is 0 Å². The standard InChI is InChI=1S/C12H13N3O3/c1-7-14-8-4-10-11(18-3-2-17-10)5-9(8)15(7)6-12(13)16/h4-5H,2-3,6H2,1H3,(H2,13,16). The maximum Gasteiger partial charge on any atom is 0.237 e. The minimum Gasteiger partial charge on any atom is -0.486 e. The molecule has 2 aromatic rings. The van der Waals surface area contributed by atoms with Crippen molar-refractivity contribution in [2.75, 3.05) is 13.2 Å². The molecular weight excluding hydrogens is 234 g/mol. The Morgan fingerprint density at radius 2 is 2.06 bits per heavy atom. The van der Waals surface area contributed by atoms with E-state index in [0.717, 1.165) is 16.9 Å². The average Bonchev–Trinajstić information content (AvgIpc) is 2.62. The number of benzene rings is 1. The number of amides is 1. The minimum atomic E-state index is -0.396. The van der Waals surface area contributed by atoms with E-state index in [9.17, 15) is 4.79 Å². The summed E-state index contributed by atoms with van der Waals surface area (Å²) in [4.78, 5) is 15.5. The molecule has 1 aromatic carbocycles. The van der Waals surface area contributed by atoms with Gasteiger partial charge in [0.15, 0.2) is 11.5 Å². The van der Waals surface area contributed by atoms with Crippen LogP contribution < -0.4 is 15.2 Å². The van der Waals surface area contributed by atoms with Crippen LogP contribution in [0.3, 0.4) is 0 Å². The molecule has 1 aliphatic heterocycles. The zero-order valence-corrected chi connectivity index (χ0v) is 9.97. The number of nitrogens with zero attached hydrogens (tertiary/aromatic N) is 2. The van der Waals surface area contributed by atoms with E-state index in [4.69, 9.17) is 15.2 Å². The van der Waals surface area contributed by atoms with Crippen molar-refractivity contribution in [3.05, 3.63) is 18.0 Å². The molecule has 0 atom stereocenters. The summed E-state index contributed by atoms with van der Waals surface area (Å²) in [7, 11) is 0. The first-order valence-corrected chi connectivity index (χ1v) is 5.70. The highest BCUT2D eigenvalue weighted by Gasteiger charge is 2.17. The Labute approximate surface area is 103 Å².